The van der Waals surface area contributed by atoms with Crippen LogP contribution in [-0.4, -0.2) is 41.3 Å². The van der Waals surface area contributed by atoms with E-state index >= 15 is 0 Å². The molecule has 1 aliphatic rings. The summed E-state index contributed by atoms with van der Waals surface area (Å²) in [5.74, 6) is 0.345. The van der Waals surface area contributed by atoms with Crippen molar-refractivity contribution in [1.82, 2.24) is 9.88 Å². The van der Waals surface area contributed by atoms with Crippen molar-refractivity contribution in [1.29, 1.82) is 0 Å². The maximum atomic E-state index is 12.5. The van der Waals surface area contributed by atoms with Gasteiger partial charge in [0, 0.05) is 25.2 Å². The van der Waals surface area contributed by atoms with Gasteiger partial charge in [0.2, 0.25) is 5.88 Å². The maximum Gasteiger partial charge on any atom is 0.259 e. The minimum atomic E-state index is -0.103. The number of likely N-dealkylation sites (tertiary alicyclic amines) is 1. The first-order valence-electron chi connectivity index (χ1n) is 6.43. The SMILES string of the molecule is COc1ncccc1C(=O)N1CCCC1CC(C)=O. The molecule has 1 aromatic rings. The first kappa shape index (κ1) is 13.5. The Balaban J connectivity index is 2.20. The Labute approximate surface area is 112 Å². The average molecular weight is 262 g/mol. The van der Waals surface area contributed by atoms with Crippen LogP contribution in [0.25, 0.3) is 0 Å². The Morgan fingerprint density at radius 2 is 2.32 bits per heavy atom. The lowest BCUT2D eigenvalue weighted by molar-refractivity contribution is -0.117. The number of hydrogen-bond acceptors (Lipinski definition) is 4. The molecule has 0 aromatic carbocycles. The standard InChI is InChI=1S/C14H18N2O3/c1-10(17)9-11-5-4-8-16(11)14(18)12-6-3-7-15-13(12)19-2/h3,6-7,11H,4-5,8-9H2,1-2H3. The number of pyridine rings is 1. The molecule has 0 spiro atoms. The molecule has 1 fully saturated rings. The lowest BCUT2D eigenvalue weighted by Crippen LogP contribution is -2.36. The lowest BCUT2D eigenvalue weighted by atomic mass is 10.1. The highest BCUT2D eigenvalue weighted by Gasteiger charge is 2.31. The molecule has 102 valence electrons. The van der Waals surface area contributed by atoms with Crippen molar-refractivity contribution in [3.63, 3.8) is 0 Å². The smallest absolute Gasteiger partial charge is 0.259 e. The fraction of sp³-hybridized carbons (Fsp3) is 0.500. The van der Waals surface area contributed by atoms with Gasteiger partial charge in [-0.05, 0) is 31.9 Å². The van der Waals surface area contributed by atoms with Gasteiger partial charge >= 0.3 is 0 Å². The molecule has 1 amide bonds. The van der Waals surface area contributed by atoms with E-state index in [9.17, 15) is 9.59 Å². The zero-order valence-corrected chi connectivity index (χ0v) is 11.3. The van der Waals surface area contributed by atoms with Crippen LogP contribution in [0.4, 0.5) is 0 Å². The zero-order chi connectivity index (χ0) is 13.8. The van der Waals surface area contributed by atoms with Crippen LogP contribution in [0.15, 0.2) is 18.3 Å². The second-order valence-electron chi connectivity index (χ2n) is 4.76. The molecule has 1 unspecified atom stereocenters. The predicted octanol–water partition coefficient (Wildman–Crippen LogP) is 1.67. The molecule has 2 heterocycles. The zero-order valence-electron chi connectivity index (χ0n) is 11.3. The third-order valence-electron chi connectivity index (χ3n) is 3.36. The Morgan fingerprint density at radius 1 is 1.53 bits per heavy atom. The Morgan fingerprint density at radius 3 is 3.00 bits per heavy atom. The Hall–Kier alpha value is -1.91. The molecule has 1 saturated heterocycles. The van der Waals surface area contributed by atoms with Gasteiger partial charge in [-0.15, -0.1) is 0 Å². The number of hydrogen-bond donors (Lipinski definition) is 0. The summed E-state index contributed by atoms with van der Waals surface area (Å²) in [4.78, 5) is 29.6. The van der Waals surface area contributed by atoms with Gasteiger partial charge < -0.3 is 9.64 Å². The van der Waals surface area contributed by atoms with Gasteiger partial charge in [-0.3, -0.25) is 9.59 Å². The van der Waals surface area contributed by atoms with E-state index in [0.717, 1.165) is 12.8 Å². The number of amides is 1. The molecule has 5 nitrogen and oxygen atoms in total. The number of ether oxygens (including phenoxy) is 1. The van der Waals surface area contributed by atoms with Crippen LogP contribution in [-0.2, 0) is 4.79 Å². The van der Waals surface area contributed by atoms with Gasteiger partial charge in [0.25, 0.3) is 5.91 Å². The predicted molar refractivity (Wildman–Crippen MR) is 70.1 cm³/mol. The highest BCUT2D eigenvalue weighted by molar-refractivity contribution is 5.97. The van der Waals surface area contributed by atoms with Gasteiger partial charge in [-0.2, -0.15) is 0 Å². The Kier molecular flexibility index (Phi) is 4.14. The van der Waals surface area contributed by atoms with Crippen molar-refractivity contribution in [3.05, 3.63) is 23.9 Å². The fourth-order valence-electron chi connectivity index (χ4n) is 2.52. The van der Waals surface area contributed by atoms with Gasteiger partial charge in [0.05, 0.1) is 7.11 Å². The van der Waals surface area contributed by atoms with Crippen molar-refractivity contribution in [2.24, 2.45) is 0 Å². The third-order valence-corrected chi connectivity index (χ3v) is 3.36. The molecule has 0 bridgehead atoms. The van der Waals surface area contributed by atoms with Crippen molar-refractivity contribution < 1.29 is 14.3 Å². The molecule has 0 aliphatic carbocycles. The van der Waals surface area contributed by atoms with E-state index in [1.54, 1.807) is 30.2 Å². The first-order chi connectivity index (χ1) is 9.13. The van der Waals surface area contributed by atoms with Crippen LogP contribution in [0, 0.1) is 0 Å². The molecular formula is C14H18N2O3. The van der Waals surface area contributed by atoms with Crippen molar-refractivity contribution in [2.45, 2.75) is 32.2 Å². The van der Waals surface area contributed by atoms with Gasteiger partial charge in [0.15, 0.2) is 0 Å². The van der Waals surface area contributed by atoms with Crippen molar-refractivity contribution >= 4 is 11.7 Å². The second-order valence-corrected chi connectivity index (χ2v) is 4.76. The van der Waals surface area contributed by atoms with Crippen LogP contribution in [0.5, 0.6) is 5.88 Å². The quantitative estimate of drug-likeness (QED) is 0.828. The van der Waals surface area contributed by atoms with E-state index in [-0.39, 0.29) is 17.7 Å². The van der Waals surface area contributed by atoms with E-state index in [1.165, 1.54) is 7.11 Å². The fourth-order valence-corrected chi connectivity index (χ4v) is 2.52. The molecule has 1 aliphatic heterocycles. The highest BCUT2D eigenvalue weighted by atomic mass is 16.5. The number of nitrogens with zero attached hydrogens (tertiary/aromatic N) is 2. The number of Topliss-reactive ketones (excluding diaryl/α,β-unsaturated/α-hetero) is 1. The summed E-state index contributed by atoms with van der Waals surface area (Å²) in [6.07, 6.45) is 3.83. The van der Waals surface area contributed by atoms with Crippen LogP contribution >= 0.6 is 0 Å². The topological polar surface area (TPSA) is 59.5 Å². The van der Waals surface area contributed by atoms with E-state index in [0.29, 0.717) is 24.4 Å². The lowest BCUT2D eigenvalue weighted by Gasteiger charge is -2.24. The Bertz CT molecular complexity index is 487. The normalized spacial score (nSPS) is 18.4. The van der Waals surface area contributed by atoms with Crippen molar-refractivity contribution in [2.75, 3.05) is 13.7 Å². The monoisotopic (exact) mass is 262 g/mol. The second kappa shape index (κ2) is 5.82. The summed E-state index contributed by atoms with van der Waals surface area (Å²) >= 11 is 0. The van der Waals surface area contributed by atoms with Crippen LogP contribution < -0.4 is 4.74 Å². The molecule has 0 saturated carbocycles. The summed E-state index contributed by atoms with van der Waals surface area (Å²) in [7, 11) is 1.50. The number of ketones is 1. The summed E-state index contributed by atoms with van der Waals surface area (Å²) in [6.45, 7) is 2.25. The van der Waals surface area contributed by atoms with Crippen LogP contribution in [0.3, 0.4) is 0 Å². The maximum absolute atomic E-state index is 12.5. The molecule has 1 atom stereocenters. The molecule has 19 heavy (non-hydrogen) atoms. The van der Waals surface area contributed by atoms with E-state index < -0.39 is 0 Å². The molecule has 0 radical (unpaired) electrons. The molecule has 2 rings (SSSR count). The van der Waals surface area contributed by atoms with E-state index in [4.69, 9.17) is 4.74 Å². The molecule has 1 aromatic heterocycles. The van der Waals surface area contributed by atoms with Crippen molar-refractivity contribution in [3.8, 4) is 5.88 Å². The number of carbonyl (C=O) groups is 2. The van der Waals surface area contributed by atoms with Gasteiger partial charge in [0.1, 0.15) is 11.3 Å². The molecular weight excluding hydrogens is 244 g/mol. The highest BCUT2D eigenvalue weighted by Crippen LogP contribution is 2.25. The van der Waals surface area contributed by atoms with E-state index in [1.807, 2.05) is 0 Å². The number of aromatic nitrogens is 1. The van der Waals surface area contributed by atoms with Gasteiger partial charge in [-0.1, -0.05) is 0 Å². The summed E-state index contributed by atoms with van der Waals surface area (Å²) < 4.78 is 5.12. The van der Waals surface area contributed by atoms with Crippen LogP contribution in [0.2, 0.25) is 0 Å². The number of rotatable bonds is 4. The minimum absolute atomic E-state index is 0.00918. The minimum Gasteiger partial charge on any atom is -0.480 e. The van der Waals surface area contributed by atoms with Crippen LogP contribution in [0.1, 0.15) is 36.5 Å². The number of methoxy groups -OCH3 is 1. The van der Waals surface area contributed by atoms with E-state index in [2.05, 4.69) is 4.98 Å². The average Bonchev–Trinajstić information content (AvgIpc) is 2.85. The third kappa shape index (κ3) is 2.92. The number of carbonyl (C=O) groups excluding carboxylic acids is 2. The van der Waals surface area contributed by atoms with Gasteiger partial charge in [-0.25, -0.2) is 4.98 Å². The summed E-state index contributed by atoms with van der Waals surface area (Å²) in [5.41, 5.74) is 0.459. The first-order valence-corrected chi connectivity index (χ1v) is 6.43. The molecule has 0 N–H and O–H groups in total. The summed E-state index contributed by atoms with van der Waals surface area (Å²) in [6, 6.07) is 3.43. The summed E-state index contributed by atoms with van der Waals surface area (Å²) in [5, 5.41) is 0. The molecule has 5 heteroatoms. The largest absolute Gasteiger partial charge is 0.480 e.